The maximum atomic E-state index is 14.7. The molecule has 0 aromatic heterocycles. The van der Waals surface area contributed by atoms with Crippen LogP contribution in [0.4, 0.5) is 4.39 Å². The number of hydrogen-bond donors (Lipinski definition) is 1. The summed E-state index contributed by atoms with van der Waals surface area (Å²) in [6.45, 7) is 17.7. The Labute approximate surface area is 274 Å². The molecular formula is C36H56FNO8. The van der Waals surface area contributed by atoms with Crippen LogP contribution in [0.15, 0.2) is 30.5 Å². The van der Waals surface area contributed by atoms with E-state index < -0.39 is 17.4 Å². The van der Waals surface area contributed by atoms with Crippen LogP contribution in [0.5, 0.6) is 5.75 Å². The molecule has 9 nitrogen and oxygen atoms in total. The number of amides is 1. The van der Waals surface area contributed by atoms with Crippen molar-refractivity contribution in [3.8, 4) is 5.75 Å². The lowest BCUT2D eigenvalue weighted by Crippen LogP contribution is -2.61. The van der Waals surface area contributed by atoms with Crippen molar-refractivity contribution in [2.45, 2.75) is 136 Å². The number of unbranched alkanes of at least 4 members (excludes halogenated alkanes) is 1. The van der Waals surface area contributed by atoms with Crippen molar-refractivity contribution >= 4 is 17.8 Å². The Morgan fingerprint density at radius 1 is 1.09 bits per heavy atom. The Hall–Kier alpha value is -2.98. The molecule has 1 saturated carbocycles. The molecule has 260 valence electrons. The van der Waals surface area contributed by atoms with Crippen LogP contribution in [0, 0.1) is 11.7 Å². The molecule has 0 radical (unpaired) electrons. The van der Waals surface area contributed by atoms with Crippen LogP contribution < -0.4 is 10.1 Å². The molecule has 0 bridgehead atoms. The molecule has 10 heteroatoms. The van der Waals surface area contributed by atoms with E-state index in [4.69, 9.17) is 23.7 Å². The first-order valence-corrected chi connectivity index (χ1v) is 16.5. The van der Waals surface area contributed by atoms with Gasteiger partial charge < -0.3 is 29.0 Å². The van der Waals surface area contributed by atoms with E-state index in [-0.39, 0.29) is 53.3 Å². The van der Waals surface area contributed by atoms with Gasteiger partial charge in [0.2, 0.25) is 5.91 Å². The fraction of sp³-hybridized carbons (Fsp3) is 0.694. The fourth-order valence-electron chi connectivity index (χ4n) is 5.69. The monoisotopic (exact) mass is 649 g/mol. The highest BCUT2D eigenvalue weighted by Crippen LogP contribution is 2.40. The second-order valence-corrected chi connectivity index (χ2v) is 14.3. The zero-order valence-corrected chi connectivity index (χ0v) is 29.3. The van der Waals surface area contributed by atoms with Crippen molar-refractivity contribution in [2.24, 2.45) is 5.92 Å². The third-order valence-corrected chi connectivity index (χ3v) is 7.84. The van der Waals surface area contributed by atoms with E-state index in [0.29, 0.717) is 13.2 Å². The second kappa shape index (κ2) is 17.8. The maximum absolute atomic E-state index is 14.7. The van der Waals surface area contributed by atoms with Gasteiger partial charge in [0.15, 0.2) is 11.6 Å². The Bertz CT molecular complexity index is 1160. The minimum Gasteiger partial charge on any atom is -0.461 e. The molecule has 1 N–H and O–H groups in total. The smallest absolute Gasteiger partial charge is 0.334 e. The molecule has 1 saturated heterocycles. The Balaban J connectivity index is 0.000000812. The molecule has 0 spiro atoms. The summed E-state index contributed by atoms with van der Waals surface area (Å²) in [5, 5.41) is 3.20. The molecule has 2 fully saturated rings. The number of esters is 2. The van der Waals surface area contributed by atoms with E-state index >= 15 is 0 Å². The van der Waals surface area contributed by atoms with Gasteiger partial charge in [-0.3, -0.25) is 9.59 Å². The Morgan fingerprint density at radius 2 is 1.74 bits per heavy atom. The van der Waals surface area contributed by atoms with E-state index in [1.165, 1.54) is 25.3 Å². The first-order chi connectivity index (χ1) is 21.4. The van der Waals surface area contributed by atoms with E-state index in [1.54, 1.807) is 26.8 Å². The molecule has 46 heavy (non-hydrogen) atoms. The average Bonchev–Trinajstić information content (AvgIpc) is 2.94. The number of rotatable bonds is 11. The molecule has 1 aromatic carbocycles. The maximum Gasteiger partial charge on any atom is 0.334 e. The molecule has 1 amide bonds. The van der Waals surface area contributed by atoms with Gasteiger partial charge in [0.25, 0.3) is 0 Å². The second-order valence-electron chi connectivity index (χ2n) is 14.3. The summed E-state index contributed by atoms with van der Waals surface area (Å²) in [6.07, 6.45) is 8.80. The van der Waals surface area contributed by atoms with E-state index in [2.05, 4.69) is 19.2 Å². The van der Waals surface area contributed by atoms with Gasteiger partial charge in [0.05, 0.1) is 37.2 Å². The number of halogens is 1. The summed E-state index contributed by atoms with van der Waals surface area (Å²) >= 11 is 0. The van der Waals surface area contributed by atoms with Crippen LogP contribution in [0.1, 0.15) is 119 Å². The fourth-order valence-corrected chi connectivity index (χ4v) is 5.69. The molecular weight excluding hydrogens is 593 g/mol. The summed E-state index contributed by atoms with van der Waals surface area (Å²) in [7, 11) is 0. The highest BCUT2D eigenvalue weighted by atomic mass is 19.1. The number of morpholine rings is 1. The van der Waals surface area contributed by atoms with Gasteiger partial charge >= 0.3 is 11.9 Å². The molecule has 1 aliphatic carbocycles. The molecule has 2 aliphatic rings. The number of ether oxygens (including phenoxy) is 5. The summed E-state index contributed by atoms with van der Waals surface area (Å²) in [4.78, 5) is 34.3. The third-order valence-electron chi connectivity index (χ3n) is 7.84. The minimum absolute atomic E-state index is 0.0613. The molecule has 2 unspecified atom stereocenters. The quantitative estimate of drug-likeness (QED) is 0.153. The van der Waals surface area contributed by atoms with Crippen LogP contribution in [0.2, 0.25) is 0 Å². The topological polar surface area (TPSA) is 109 Å². The SMILES string of the molecule is CC(=O)OC(C)(C)C.CCCCC1(C(C)COC2CCC(c3cccc(F)c3O/C=C/C(=O)OC(C)(C)C)CC2)COCC(=O)N1. The zero-order valence-electron chi connectivity index (χ0n) is 29.3. The van der Waals surface area contributed by atoms with Crippen molar-refractivity contribution in [1.82, 2.24) is 5.32 Å². The lowest BCUT2D eigenvalue weighted by Gasteiger charge is -2.43. The van der Waals surface area contributed by atoms with Crippen molar-refractivity contribution in [1.29, 1.82) is 0 Å². The van der Waals surface area contributed by atoms with Crippen LogP contribution in [-0.4, -0.2) is 60.5 Å². The number of hydrogen-bond acceptors (Lipinski definition) is 8. The zero-order chi connectivity index (χ0) is 34.5. The summed E-state index contributed by atoms with van der Waals surface area (Å²) in [6, 6.07) is 4.94. The highest BCUT2D eigenvalue weighted by Gasteiger charge is 2.41. The first kappa shape index (κ1) is 39.2. The molecule has 2 atom stereocenters. The van der Waals surface area contributed by atoms with Crippen LogP contribution in [0.25, 0.3) is 0 Å². The third kappa shape index (κ3) is 13.8. The van der Waals surface area contributed by atoms with E-state index in [0.717, 1.165) is 50.5 Å². The lowest BCUT2D eigenvalue weighted by atomic mass is 9.80. The highest BCUT2D eigenvalue weighted by molar-refractivity contribution is 5.82. The number of carbonyl (C=O) groups excluding carboxylic acids is 3. The normalized spacial score (nSPS) is 22.7. The Kier molecular flexibility index (Phi) is 15.2. The predicted octanol–water partition coefficient (Wildman–Crippen LogP) is 7.16. The number of benzene rings is 1. The van der Waals surface area contributed by atoms with Crippen molar-refractivity contribution in [3.05, 3.63) is 41.9 Å². The van der Waals surface area contributed by atoms with Gasteiger partial charge in [-0.25, -0.2) is 9.18 Å². The van der Waals surface area contributed by atoms with Gasteiger partial charge in [-0.2, -0.15) is 0 Å². The summed E-state index contributed by atoms with van der Waals surface area (Å²) < 4.78 is 42.3. The van der Waals surface area contributed by atoms with E-state index in [9.17, 15) is 18.8 Å². The van der Waals surface area contributed by atoms with E-state index in [1.807, 2.05) is 26.8 Å². The van der Waals surface area contributed by atoms with Crippen molar-refractivity contribution < 1.29 is 42.5 Å². The number of nitrogens with one attached hydrogen (secondary N) is 1. The minimum atomic E-state index is -0.614. The van der Waals surface area contributed by atoms with Gasteiger partial charge in [-0.05, 0) is 85.6 Å². The number of carbonyl (C=O) groups is 3. The van der Waals surface area contributed by atoms with Crippen molar-refractivity contribution in [2.75, 3.05) is 19.8 Å². The Morgan fingerprint density at radius 3 is 2.28 bits per heavy atom. The molecule has 1 aromatic rings. The standard InChI is InChI=1S/C30H44FNO6.C6H12O2/c1-6-7-16-30(20-35-19-26(33)32-30)21(2)18-37-23-13-11-22(12-14-23)24-9-8-10-25(31)28(24)36-17-15-27(34)38-29(3,4)5;1-5(7)8-6(2,3)4/h8-10,15,17,21-23H,6-7,11-14,16,18-20H2,1-5H3,(H,32,33);1-4H3/b17-15+;. The van der Waals surface area contributed by atoms with Crippen molar-refractivity contribution in [3.63, 3.8) is 0 Å². The van der Waals surface area contributed by atoms with Crippen LogP contribution in [0.3, 0.4) is 0 Å². The summed E-state index contributed by atoms with van der Waals surface area (Å²) in [5.41, 5.74) is -0.530. The number of para-hydroxylation sites is 1. The average molecular weight is 650 g/mol. The predicted molar refractivity (Wildman–Crippen MR) is 175 cm³/mol. The molecule has 1 heterocycles. The van der Waals surface area contributed by atoms with Gasteiger partial charge in [0.1, 0.15) is 17.8 Å². The molecule has 3 rings (SSSR count). The lowest BCUT2D eigenvalue weighted by molar-refractivity contribution is -0.152. The summed E-state index contributed by atoms with van der Waals surface area (Å²) in [5.74, 6) is -0.885. The van der Waals surface area contributed by atoms with Crippen LogP contribution >= 0.6 is 0 Å². The van der Waals surface area contributed by atoms with Gasteiger partial charge in [0, 0.05) is 18.4 Å². The van der Waals surface area contributed by atoms with Gasteiger partial charge in [-0.15, -0.1) is 0 Å². The van der Waals surface area contributed by atoms with Gasteiger partial charge in [-0.1, -0.05) is 38.8 Å². The van der Waals surface area contributed by atoms with Crippen LogP contribution in [-0.2, 0) is 33.3 Å². The first-order valence-electron chi connectivity index (χ1n) is 16.5. The molecule has 1 aliphatic heterocycles. The largest absolute Gasteiger partial charge is 0.461 e.